The van der Waals surface area contributed by atoms with Gasteiger partial charge in [0.1, 0.15) is 79.4 Å². The second kappa shape index (κ2) is 22.0. The minimum absolute atomic E-state index is 0.00535. The second-order valence-electron chi connectivity index (χ2n) is 23.0. The second-order valence-corrected chi connectivity index (χ2v) is 23.0. The minimum Gasteiger partial charge on any atom is -0.494 e. The Morgan fingerprint density at radius 2 is 1.48 bits per heavy atom. The summed E-state index contributed by atoms with van der Waals surface area (Å²) in [6.45, 7) is 10.4. The van der Waals surface area contributed by atoms with Crippen molar-refractivity contribution in [3.63, 3.8) is 0 Å². The Kier molecular flexibility index (Phi) is 16.8. The van der Waals surface area contributed by atoms with Gasteiger partial charge in [-0.2, -0.15) is 0 Å². The van der Waals surface area contributed by atoms with E-state index in [2.05, 4.69) is 26.8 Å². The Morgan fingerprint density at radius 1 is 0.795 bits per heavy atom. The third-order valence-electron chi connectivity index (χ3n) is 18.5. The SMILES string of the molecule is CC(=O)O[C@H]1CO[C@@H](O[C@@H]2C[C@H](O)CC3=CC[C@H]4[C@@H]5C[C@@H]6OC(CC[C@@H](C)CO[C@@H]7O[C@H](CO)[C@@H](O)[C@H](O)[C@H]7O)=C(C)[C@@H]6[C@@]5(C)CC[C@@H]4[C@]32C)[C@H](O[C@@H]2O[C@@H](C)[C@H](O)[C@@H](O)[C@H]2O)[C@H]1O[C@@H]1OC[C@@H](O)[C@H](O)[C@H]1O. The van der Waals surface area contributed by atoms with Crippen LogP contribution in [0.5, 0.6) is 0 Å². The number of fused-ring (bicyclic) bond motifs is 7. The van der Waals surface area contributed by atoms with Crippen molar-refractivity contribution < 1.29 is 108 Å². The zero-order valence-electron chi connectivity index (χ0n) is 42.5. The quantitative estimate of drug-likeness (QED) is 0.0716. The summed E-state index contributed by atoms with van der Waals surface area (Å²) >= 11 is 0. The van der Waals surface area contributed by atoms with Gasteiger partial charge in [-0.1, -0.05) is 32.4 Å². The molecule has 0 bridgehead atoms. The van der Waals surface area contributed by atoms with Crippen molar-refractivity contribution >= 4 is 5.97 Å². The summed E-state index contributed by atoms with van der Waals surface area (Å²) in [6.07, 6.45) is -19.8. The van der Waals surface area contributed by atoms with Gasteiger partial charge >= 0.3 is 5.97 Å². The fourth-order valence-corrected chi connectivity index (χ4v) is 14.4. The summed E-state index contributed by atoms with van der Waals surface area (Å²) in [5.41, 5.74) is 1.62. The maximum Gasteiger partial charge on any atom is 0.303 e. The first-order valence-corrected chi connectivity index (χ1v) is 26.3. The van der Waals surface area contributed by atoms with Gasteiger partial charge in [0.2, 0.25) is 0 Å². The molecule has 5 heterocycles. The van der Waals surface area contributed by atoms with Crippen LogP contribution in [0.15, 0.2) is 23.0 Å². The lowest BCUT2D eigenvalue weighted by Crippen LogP contribution is -2.65. The molecule has 416 valence electrons. The zero-order chi connectivity index (χ0) is 52.6. The van der Waals surface area contributed by atoms with Crippen molar-refractivity contribution in [1.29, 1.82) is 0 Å². The molecule has 0 radical (unpaired) electrons. The van der Waals surface area contributed by atoms with Crippen LogP contribution < -0.4 is 0 Å². The molecule has 28 atom stereocenters. The van der Waals surface area contributed by atoms with Crippen LogP contribution in [0.2, 0.25) is 0 Å². The minimum atomic E-state index is -1.78. The largest absolute Gasteiger partial charge is 0.494 e. The maximum absolute atomic E-state index is 12.5. The molecule has 4 saturated heterocycles. The number of carbonyl (C=O) groups excluding carboxylic acids is 1. The van der Waals surface area contributed by atoms with Gasteiger partial charge in [-0.25, -0.2) is 0 Å². The van der Waals surface area contributed by atoms with Gasteiger partial charge in [-0.05, 0) is 87.0 Å². The molecule has 73 heavy (non-hydrogen) atoms. The van der Waals surface area contributed by atoms with Crippen LogP contribution >= 0.6 is 0 Å². The Bertz CT molecular complexity index is 1990. The maximum atomic E-state index is 12.5. The lowest BCUT2D eigenvalue weighted by molar-refractivity contribution is -0.382. The Hall–Kier alpha value is -2.01. The van der Waals surface area contributed by atoms with Crippen LogP contribution in [-0.2, 0) is 52.2 Å². The molecule has 0 aromatic heterocycles. The third-order valence-corrected chi connectivity index (χ3v) is 18.5. The van der Waals surface area contributed by atoms with Crippen LogP contribution in [0.4, 0.5) is 0 Å². The molecule has 0 amide bonds. The molecule has 22 heteroatoms. The molecule has 0 spiro atoms. The lowest BCUT2D eigenvalue weighted by atomic mass is 9.46. The number of allylic oxidation sites excluding steroid dienone is 2. The smallest absolute Gasteiger partial charge is 0.303 e. The van der Waals surface area contributed by atoms with Gasteiger partial charge in [0.25, 0.3) is 0 Å². The molecule has 0 aromatic carbocycles. The first kappa shape index (κ1) is 55.7. The highest BCUT2D eigenvalue weighted by Gasteiger charge is 2.66. The molecule has 4 aliphatic carbocycles. The van der Waals surface area contributed by atoms with Crippen molar-refractivity contribution in [3.8, 4) is 0 Å². The highest BCUT2D eigenvalue weighted by atomic mass is 16.8. The topological polar surface area (TPSA) is 332 Å². The monoisotopic (exact) mass is 1040 g/mol. The van der Waals surface area contributed by atoms with Crippen LogP contribution in [0.3, 0.4) is 0 Å². The molecule has 3 saturated carbocycles. The van der Waals surface area contributed by atoms with Gasteiger partial charge in [-0.15, -0.1) is 0 Å². The van der Waals surface area contributed by atoms with E-state index < -0.39 is 147 Å². The number of hydrogen-bond acceptors (Lipinski definition) is 22. The fourth-order valence-electron chi connectivity index (χ4n) is 14.4. The molecule has 11 N–H and O–H groups in total. The van der Waals surface area contributed by atoms with Gasteiger partial charge in [0.05, 0.1) is 50.5 Å². The van der Waals surface area contributed by atoms with Crippen molar-refractivity contribution in [1.82, 2.24) is 0 Å². The van der Waals surface area contributed by atoms with Crippen molar-refractivity contribution in [2.75, 3.05) is 26.4 Å². The highest BCUT2D eigenvalue weighted by Crippen LogP contribution is 2.69. The molecule has 0 unspecified atom stereocenters. The highest BCUT2D eigenvalue weighted by molar-refractivity contribution is 5.66. The Balaban J connectivity index is 0.928. The van der Waals surface area contributed by atoms with E-state index in [1.807, 2.05) is 6.92 Å². The van der Waals surface area contributed by atoms with Crippen LogP contribution in [0.1, 0.15) is 92.9 Å². The lowest BCUT2D eigenvalue weighted by Gasteiger charge is -2.60. The fraction of sp³-hybridized carbons (Fsp3) is 0.902. The summed E-state index contributed by atoms with van der Waals surface area (Å²) in [5.74, 6) is 1.13. The Morgan fingerprint density at radius 3 is 2.21 bits per heavy atom. The molecule has 7 fully saturated rings. The van der Waals surface area contributed by atoms with E-state index in [1.54, 1.807) is 0 Å². The van der Waals surface area contributed by atoms with E-state index in [4.69, 9.17) is 47.4 Å². The number of carbonyl (C=O) groups is 1. The van der Waals surface area contributed by atoms with Crippen LogP contribution in [-0.4, -0.2) is 217 Å². The third kappa shape index (κ3) is 10.3. The summed E-state index contributed by atoms with van der Waals surface area (Å²) in [5, 5.41) is 116. The van der Waals surface area contributed by atoms with E-state index in [-0.39, 0.29) is 54.8 Å². The first-order chi connectivity index (χ1) is 34.6. The first-order valence-electron chi connectivity index (χ1n) is 26.3. The molecule has 5 aliphatic heterocycles. The molecule has 9 rings (SSSR count). The summed E-state index contributed by atoms with van der Waals surface area (Å²) < 4.78 is 61.6. The Labute approximate surface area is 425 Å². The van der Waals surface area contributed by atoms with Crippen molar-refractivity contribution in [3.05, 3.63) is 23.0 Å². The van der Waals surface area contributed by atoms with Crippen molar-refractivity contribution in [2.24, 2.45) is 40.4 Å². The van der Waals surface area contributed by atoms with Gasteiger partial charge < -0.3 is 104 Å². The number of rotatable bonds is 14. The number of ether oxygens (including phenoxy) is 10. The average Bonchev–Trinajstić information content (AvgIpc) is 3.84. The van der Waals surface area contributed by atoms with E-state index in [0.717, 1.165) is 43.4 Å². The van der Waals surface area contributed by atoms with Gasteiger partial charge in [0, 0.05) is 31.1 Å². The van der Waals surface area contributed by atoms with Crippen LogP contribution in [0, 0.1) is 40.4 Å². The average molecular weight is 1050 g/mol. The molecule has 9 aliphatic rings. The zero-order valence-corrected chi connectivity index (χ0v) is 42.5. The van der Waals surface area contributed by atoms with Crippen LogP contribution in [0.25, 0.3) is 0 Å². The molecule has 22 nitrogen and oxygen atoms in total. The normalized spacial score (nSPS) is 51.2. The molecule has 0 aromatic rings. The van der Waals surface area contributed by atoms with E-state index in [9.17, 15) is 61.0 Å². The number of aliphatic hydroxyl groups excluding tert-OH is 11. The number of aliphatic hydroxyl groups is 11. The van der Waals surface area contributed by atoms with E-state index >= 15 is 0 Å². The van der Waals surface area contributed by atoms with E-state index in [0.29, 0.717) is 18.8 Å². The van der Waals surface area contributed by atoms with Gasteiger partial charge in [-0.3, -0.25) is 4.79 Å². The number of hydrogen-bond donors (Lipinski definition) is 11. The summed E-state index contributed by atoms with van der Waals surface area (Å²) in [7, 11) is 0. The molecular formula is C51H80O22. The standard InChI is InChI=1S/C51H80O22/c1-20(17-64-46-42(62)40(60)38(58)32(16-52)70-46)7-10-30-21(2)35-31(69-30)15-28-26-9-8-24-13-25(54)14-34(51(24,6)27(26)11-12-50(28,35)5)71-49-45(73-48-43(63)39(59)36(56)22(3)67-48)44(33(19-66-49)68-23(4)53)72-47-41(61)37(57)29(55)18-65-47/h8,20,22,25-29,31-49,52,54-63H,7,9-19H2,1-6H3/t20-,22+,25-,26-,27+,28+,29-,31+,32-,33+,34-,35+,36+,37+,38-,39-,40+,41-,42-,43-,44+,45-,46-,47+,48+,49+,50+,51+/m1/s1. The summed E-state index contributed by atoms with van der Waals surface area (Å²) in [6, 6.07) is 0. The molecular weight excluding hydrogens is 965 g/mol. The van der Waals surface area contributed by atoms with Gasteiger partial charge in [0.15, 0.2) is 31.3 Å². The van der Waals surface area contributed by atoms with Crippen molar-refractivity contribution in [2.45, 2.75) is 222 Å². The van der Waals surface area contributed by atoms with E-state index in [1.165, 1.54) is 19.4 Å². The number of esters is 1. The predicted molar refractivity (Wildman–Crippen MR) is 248 cm³/mol. The summed E-state index contributed by atoms with van der Waals surface area (Å²) in [4.78, 5) is 12.5. The predicted octanol–water partition coefficient (Wildman–Crippen LogP) is -1.24.